The van der Waals surface area contributed by atoms with Crippen molar-refractivity contribution in [2.45, 2.75) is 33.0 Å². The van der Waals surface area contributed by atoms with Crippen LogP contribution >= 0.6 is 0 Å². The summed E-state index contributed by atoms with van der Waals surface area (Å²) in [5.41, 5.74) is 0.275. The molecule has 0 spiro atoms. The van der Waals surface area contributed by atoms with Crippen LogP contribution in [0, 0.1) is 0 Å². The molecule has 0 aliphatic rings. The third-order valence-electron chi connectivity index (χ3n) is 0.779. The summed E-state index contributed by atoms with van der Waals surface area (Å²) in [4.78, 5) is 10.5. The van der Waals surface area contributed by atoms with Crippen molar-refractivity contribution in [1.82, 2.24) is 0 Å². The van der Waals surface area contributed by atoms with E-state index in [2.05, 4.69) is 20.8 Å². The van der Waals surface area contributed by atoms with Crippen LogP contribution in [0.25, 0.3) is 0 Å². The Morgan fingerprint density at radius 3 is 1.75 bits per heavy atom. The molecule has 0 aromatic heterocycles. The highest BCUT2D eigenvalue weighted by Crippen LogP contribution is 2.19. The number of rotatable bonds is 1. The highest BCUT2D eigenvalue weighted by Gasteiger charge is 2.14. The van der Waals surface area contributed by atoms with Crippen LogP contribution < -0.4 is 0 Å². The second kappa shape index (κ2) is 2.34. The summed E-state index contributed by atoms with van der Waals surface area (Å²) in [6, 6.07) is 0. The fraction of sp³-hybridized carbons (Fsp3) is 0.833. The van der Waals surface area contributed by atoms with Gasteiger partial charge in [0, 0.05) is 0 Å². The van der Waals surface area contributed by atoms with Gasteiger partial charge in [-0.25, -0.2) is 0 Å². The van der Waals surface area contributed by atoms with E-state index in [1.54, 1.807) is 6.92 Å². The van der Waals surface area contributed by atoms with Crippen molar-refractivity contribution in [3.05, 3.63) is 0 Å². The normalized spacial score (nSPS) is 11.0. The topological polar surface area (TPSA) is 17.1 Å². The van der Waals surface area contributed by atoms with Crippen molar-refractivity contribution < 1.29 is 4.79 Å². The molecule has 8 heavy (non-hydrogen) atoms. The van der Waals surface area contributed by atoms with E-state index in [4.69, 9.17) is 0 Å². The molecule has 0 saturated carbocycles. The molecule has 0 rings (SSSR count). The quantitative estimate of drug-likeness (QED) is 0.465. The molecule has 1 nitrogen and oxygen atoms in total. The van der Waals surface area contributed by atoms with Gasteiger partial charge >= 0.3 is 0 Å². The molecule has 0 bridgehead atoms. The summed E-state index contributed by atoms with van der Waals surface area (Å²) >= 11 is 0. The predicted octanol–water partition coefficient (Wildman–Crippen LogP) is 1.19. The van der Waals surface area contributed by atoms with E-state index in [0.717, 1.165) is 0 Å². The minimum atomic E-state index is 0.172. The smallest absolute Gasteiger partial charge is 0.210 e. The van der Waals surface area contributed by atoms with E-state index < -0.39 is 0 Å². The standard InChI is InChI=1S/C6H13BO/c1-5(8)7-6(2,3)4/h7H,1-4H3. The minimum Gasteiger partial charge on any atom is -0.312 e. The zero-order chi connectivity index (χ0) is 6.78. The molecule has 0 atom stereocenters. The second-order valence-corrected chi connectivity index (χ2v) is 3.44. The van der Waals surface area contributed by atoms with Crippen LogP contribution in [0.15, 0.2) is 0 Å². The van der Waals surface area contributed by atoms with Crippen molar-refractivity contribution in [3.63, 3.8) is 0 Å². The van der Waals surface area contributed by atoms with E-state index >= 15 is 0 Å². The Kier molecular flexibility index (Phi) is 2.26. The van der Waals surface area contributed by atoms with Crippen LogP contribution in [0.5, 0.6) is 0 Å². The minimum absolute atomic E-state index is 0.172. The Morgan fingerprint density at radius 1 is 1.38 bits per heavy atom. The lowest BCUT2D eigenvalue weighted by Gasteiger charge is -2.12. The van der Waals surface area contributed by atoms with Crippen molar-refractivity contribution in [2.75, 3.05) is 0 Å². The highest BCUT2D eigenvalue weighted by atomic mass is 16.1. The molecule has 0 N–H and O–H groups in total. The molecule has 0 aliphatic carbocycles. The van der Waals surface area contributed by atoms with Gasteiger partial charge in [-0.3, -0.25) is 0 Å². The maximum atomic E-state index is 10.5. The van der Waals surface area contributed by atoms with Gasteiger partial charge in [0.05, 0.1) is 5.68 Å². The molecule has 0 aromatic rings. The first kappa shape index (κ1) is 7.73. The first-order valence-electron chi connectivity index (χ1n) is 2.91. The van der Waals surface area contributed by atoms with Crippen LogP contribution in [0.3, 0.4) is 0 Å². The second-order valence-electron chi connectivity index (χ2n) is 3.44. The lowest BCUT2D eigenvalue weighted by Crippen LogP contribution is -2.15. The van der Waals surface area contributed by atoms with Gasteiger partial charge in [0.2, 0.25) is 7.28 Å². The summed E-state index contributed by atoms with van der Waals surface area (Å²) in [6.45, 7) is 7.82. The summed E-state index contributed by atoms with van der Waals surface area (Å²) in [5, 5.41) is 0.172. The van der Waals surface area contributed by atoms with E-state index in [-0.39, 0.29) is 11.0 Å². The van der Waals surface area contributed by atoms with E-state index in [9.17, 15) is 4.79 Å². The van der Waals surface area contributed by atoms with Gasteiger partial charge in [-0.1, -0.05) is 26.1 Å². The Bertz CT molecular complexity index is 91.2. The Labute approximate surface area is 51.7 Å². The van der Waals surface area contributed by atoms with Gasteiger partial charge in [0.15, 0.2) is 0 Å². The Hall–Kier alpha value is -0.265. The zero-order valence-corrected chi connectivity index (χ0v) is 6.12. The average Bonchev–Trinajstić information content (AvgIpc) is 1.21. The third-order valence-corrected chi connectivity index (χ3v) is 0.779. The van der Waals surface area contributed by atoms with Gasteiger partial charge in [0.1, 0.15) is 0 Å². The van der Waals surface area contributed by atoms with E-state index in [0.29, 0.717) is 7.28 Å². The molecular formula is C6H13BO. The first-order valence-corrected chi connectivity index (χ1v) is 2.91. The molecule has 2 heteroatoms. The maximum Gasteiger partial charge on any atom is 0.210 e. The molecule has 0 radical (unpaired) electrons. The van der Waals surface area contributed by atoms with Gasteiger partial charge < -0.3 is 4.79 Å². The summed E-state index contributed by atoms with van der Waals surface area (Å²) in [6.07, 6.45) is 0. The fourth-order valence-corrected chi connectivity index (χ4v) is 0.747. The lowest BCUT2D eigenvalue weighted by molar-refractivity contribution is -0.110. The molecule has 0 aromatic carbocycles. The average molecular weight is 112 g/mol. The molecule has 46 valence electrons. The Balaban J connectivity index is 3.55. The monoisotopic (exact) mass is 112 g/mol. The lowest BCUT2D eigenvalue weighted by atomic mass is 9.53. The molecule has 0 saturated heterocycles. The van der Waals surface area contributed by atoms with Gasteiger partial charge in [-0.05, 0) is 6.92 Å². The van der Waals surface area contributed by atoms with Crippen molar-refractivity contribution in [1.29, 1.82) is 0 Å². The first-order chi connectivity index (χ1) is 3.42. The van der Waals surface area contributed by atoms with Gasteiger partial charge in [-0.15, -0.1) is 0 Å². The summed E-state index contributed by atoms with van der Waals surface area (Å²) in [7, 11) is 0.687. The molecule has 0 heterocycles. The zero-order valence-electron chi connectivity index (χ0n) is 6.12. The molecule has 0 amide bonds. The van der Waals surface area contributed by atoms with Gasteiger partial charge in [-0.2, -0.15) is 0 Å². The van der Waals surface area contributed by atoms with Crippen LogP contribution in [-0.4, -0.2) is 13.0 Å². The third kappa shape index (κ3) is 5.73. The highest BCUT2D eigenvalue weighted by molar-refractivity contribution is 6.75. The largest absolute Gasteiger partial charge is 0.312 e. The van der Waals surface area contributed by atoms with Crippen LogP contribution in [-0.2, 0) is 4.79 Å². The number of carbonyl (C=O) groups is 1. The number of carbonyl (C=O) groups excluding carboxylic acids is 1. The van der Waals surface area contributed by atoms with E-state index in [1.807, 2.05) is 0 Å². The summed E-state index contributed by atoms with van der Waals surface area (Å²) in [5.74, 6) is 0. The van der Waals surface area contributed by atoms with Crippen molar-refractivity contribution >= 4 is 13.0 Å². The van der Waals surface area contributed by atoms with E-state index in [1.165, 1.54) is 0 Å². The Morgan fingerprint density at radius 2 is 1.75 bits per heavy atom. The van der Waals surface area contributed by atoms with Crippen molar-refractivity contribution in [3.8, 4) is 0 Å². The van der Waals surface area contributed by atoms with Crippen LogP contribution in [0.2, 0.25) is 5.31 Å². The van der Waals surface area contributed by atoms with Crippen LogP contribution in [0.4, 0.5) is 0 Å². The van der Waals surface area contributed by atoms with Gasteiger partial charge in [0.25, 0.3) is 0 Å². The number of hydrogen-bond acceptors (Lipinski definition) is 1. The number of hydrogen-bond donors (Lipinski definition) is 0. The molecular weight excluding hydrogens is 98.9 g/mol. The maximum absolute atomic E-state index is 10.5. The molecule has 0 unspecified atom stereocenters. The van der Waals surface area contributed by atoms with Crippen molar-refractivity contribution in [2.24, 2.45) is 0 Å². The predicted molar refractivity (Wildman–Crippen MR) is 37.5 cm³/mol. The summed E-state index contributed by atoms with van der Waals surface area (Å²) < 4.78 is 0. The van der Waals surface area contributed by atoms with Crippen LogP contribution in [0.1, 0.15) is 27.7 Å². The SMILES string of the molecule is CC(=O)BC(C)(C)C. The fourth-order valence-electron chi connectivity index (χ4n) is 0.747. The molecule has 0 fully saturated rings. The molecule has 0 aliphatic heterocycles.